The van der Waals surface area contributed by atoms with Crippen molar-refractivity contribution in [3.63, 3.8) is 0 Å². The van der Waals surface area contributed by atoms with E-state index in [4.69, 9.17) is 4.99 Å². The predicted octanol–water partition coefficient (Wildman–Crippen LogP) is 3.79. The Hall–Kier alpha value is -2.89. The number of para-hydroxylation sites is 2. The first-order chi connectivity index (χ1) is 13.4. The van der Waals surface area contributed by atoms with Crippen LogP contribution in [-0.2, 0) is 0 Å². The monoisotopic (exact) mass is 377 g/mol. The number of hydrogen-bond acceptors (Lipinski definition) is 4. The summed E-state index contributed by atoms with van der Waals surface area (Å²) < 4.78 is 0. The summed E-state index contributed by atoms with van der Waals surface area (Å²) in [5.74, 6) is 0.947. The zero-order valence-electron chi connectivity index (χ0n) is 16.7. The lowest BCUT2D eigenvalue weighted by atomic mass is 9.84. The van der Waals surface area contributed by atoms with E-state index in [2.05, 4.69) is 48.5 Å². The van der Waals surface area contributed by atoms with Gasteiger partial charge in [0, 0.05) is 24.5 Å². The molecular weight excluding hydrogens is 350 g/mol. The second-order valence-corrected chi connectivity index (χ2v) is 8.58. The van der Waals surface area contributed by atoms with Crippen LogP contribution in [0.2, 0.25) is 0 Å². The topological polar surface area (TPSA) is 69.6 Å². The van der Waals surface area contributed by atoms with Gasteiger partial charge >= 0.3 is 0 Å². The number of nitrogens with one attached hydrogen (secondary N) is 2. The van der Waals surface area contributed by atoms with E-state index in [0.29, 0.717) is 12.1 Å². The van der Waals surface area contributed by atoms with E-state index < -0.39 is 5.54 Å². The Morgan fingerprint density at radius 1 is 1.14 bits per heavy atom. The molecule has 1 atom stereocenters. The number of pyridine rings is 1. The molecule has 2 aromatic rings. The Bertz CT molecular complexity index is 903. The fraction of sp³-hybridized carbons (Fsp3) is 0.409. The van der Waals surface area contributed by atoms with Crippen molar-refractivity contribution in [2.24, 2.45) is 4.99 Å². The summed E-state index contributed by atoms with van der Waals surface area (Å²) in [6, 6.07) is 11.7. The van der Waals surface area contributed by atoms with Gasteiger partial charge in [0.15, 0.2) is 0 Å². The number of piperidine rings is 1. The highest BCUT2D eigenvalue weighted by molar-refractivity contribution is 6.10. The lowest BCUT2D eigenvalue weighted by Crippen LogP contribution is -2.63. The zero-order valence-corrected chi connectivity index (χ0v) is 16.7. The number of amides is 1. The molecule has 1 spiro atoms. The number of aromatic nitrogens is 1. The molecule has 0 saturated carbocycles. The average Bonchev–Trinajstić information content (AvgIpc) is 2.68. The second-order valence-electron chi connectivity index (χ2n) is 8.58. The van der Waals surface area contributed by atoms with E-state index >= 15 is 0 Å². The van der Waals surface area contributed by atoms with E-state index in [9.17, 15) is 4.79 Å². The first-order valence-electron chi connectivity index (χ1n) is 9.80. The fourth-order valence-electron chi connectivity index (χ4n) is 3.94. The van der Waals surface area contributed by atoms with Gasteiger partial charge in [-0.3, -0.25) is 14.8 Å². The normalized spacial score (nSPS) is 23.1. The number of fused-ring (bicyclic) bond motifs is 1. The first-order valence-corrected chi connectivity index (χ1v) is 9.80. The van der Waals surface area contributed by atoms with Crippen LogP contribution in [0.25, 0.3) is 0 Å². The minimum absolute atomic E-state index is 0.0391. The van der Waals surface area contributed by atoms with Gasteiger partial charge in [0.2, 0.25) is 0 Å². The third-order valence-electron chi connectivity index (χ3n) is 5.16. The summed E-state index contributed by atoms with van der Waals surface area (Å²) in [4.78, 5) is 24.0. The number of rotatable bonds is 1. The molecule has 146 valence electrons. The lowest BCUT2D eigenvalue weighted by molar-refractivity contribution is 0.0694. The Balaban J connectivity index is 1.70. The van der Waals surface area contributed by atoms with Gasteiger partial charge in [-0.25, -0.2) is 0 Å². The van der Waals surface area contributed by atoms with Gasteiger partial charge < -0.3 is 15.5 Å². The van der Waals surface area contributed by atoms with E-state index in [0.717, 1.165) is 36.6 Å². The summed E-state index contributed by atoms with van der Waals surface area (Å²) in [5, 5.41) is 7.27. The number of carbonyl (C=O) groups is 1. The van der Waals surface area contributed by atoms with Gasteiger partial charge in [0.1, 0.15) is 11.4 Å². The largest absolute Gasteiger partial charge is 0.370 e. The van der Waals surface area contributed by atoms with Crippen LogP contribution in [0.4, 0.5) is 11.4 Å². The lowest BCUT2D eigenvalue weighted by Gasteiger charge is -2.47. The molecule has 6 nitrogen and oxygen atoms in total. The number of anilines is 2. The van der Waals surface area contributed by atoms with E-state index in [-0.39, 0.29) is 11.4 Å². The summed E-state index contributed by atoms with van der Waals surface area (Å²) >= 11 is 0. The van der Waals surface area contributed by atoms with Crippen LogP contribution in [0.5, 0.6) is 0 Å². The molecule has 28 heavy (non-hydrogen) atoms. The molecule has 6 heteroatoms. The zero-order chi connectivity index (χ0) is 19.8. The number of amidine groups is 1. The van der Waals surface area contributed by atoms with Gasteiger partial charge in [-0.1, -0.05) is 12.1 Å². The molecule has 1 amide bonds. The number of nitrogens with zero attached hydrogens (tertiary/aromatic N) is 3. The van der Waals surface area contributed by atoms with Crippen LogP contribution in [-0.4, -0.2) is 45.8 Å². The average molecular weight is 377 g/mol. The van der Waals surface area contributed by atoms with Crippen LogP contribution in [0.3, 0.4) is 0 Å². The van der Waals surface area contributed by atoms with Crippen molar-refractivity contribution in [2.75, 3.05) is 23.7 Å². The van der Waals surface area contributed by atoms with Crippen molar-refractivity contribution in [3.8, 4) is 0 Å². The summed E-state index contributed by atoms with van der Waals surface area (Å²) in [6.07, 6.45) is 5.16. The Kier molecular flexibility index (Phi) is 4.57. The van der Waals surface area contributed by atoms with E-state index in [1.165, 1.54) is 0 Å². The molecule has 0 radical (unpaired) electrons. The molecule has 0 bridgehead atoms. The van der Waals surface area contributed by atoms with Crippen LogP contribution in [0.1, 0.15) is 44.0 Å². The minimum Gasteiger partial charge on any atom is -0.370 e. The molecule has 0 unspecified atom stereocenters. The van der Waals surface area contributed by atoms with Crippen molar-refractivity contribution in [2.45, 2.75) is 44.7 Å². The molecule has 1 aromatic heterocycles. The van der Waals surface area contributed by atoms with Crippen LogP contribution >= 0.6 is 0 Å². The van der Waals surface area contributed by atoms with Gasteiger partial charge in [-0.15, -0.1) is 0 Å². The van der Waals surface area contributed by atoms with E-state index in [1.54, 1.807) is 24.5 Å². The molecular formula is C22H27N5O. The molecule has 2 aliphatic heterocycles. The maximum absolute atomic E-state index is 13.1. The molecule has 3 heterocycles. The molecule has 2 aliphatic rings. The van der Waals surface area contributed by atoms with E-state index in [1.807, 2.05) is 17.0 Å². The van der Waals surface area contributed by atoms with Gasteiger partial charge in [-0.05, 0) is 57.9 Å². The van der Waals surface area contributed by atoms with Crippen LogP contribution in [0.15, 0.2) is 53.8 Å². The summed E-state index contributed by atoms with van der Waals surface area (Å²) in [6.45, 7) is 7.61. The fourth-order valence-corrected chi connectivity index (χ4v) is 3.94. The van der Waals surface area contributed by atoms with Gasteiger partial charge in [-0.2, -0.15) is 0 Å². The number of likely N-dealkylation sites (tertiary alicyclic amines) is 1. The molecule has 2 N–H and O–H groups in total. The third-order valence-corrected chi connectivity index (χ3v) is 5.16. The van der Waals surface area contributed by atoms with Crippen molar-refractivity contribution in [1.29, 1.82) is 0 Å². The smallest absolute Gasteiger partial charge is 0.254 e. The quantitative estimate of drug-likeness (QED) is 0.793. The molecule has 0 aliphatic carbocycles. The molecule has 4 rings (SSSR count). The molecule has 1 aromatic carbocycles. The van der Waals surface area contributed by atoms with Gasteiger partial charge in [0.25, 0.3) is 5.91 Å². The standard InChI is InChI=1S/C22H27N5O/c1-21(2,3)26-20-22(25-18-8-5-4-7-17(18)24-20)11-6-14-27(15-22)19(28)16-9-12-23-13-10-16/h4-5,7-10,12-13,25H,6,11,14-15H2,1-3H3,(H,24,26)/t22-/m1/s1. The maximum Gasteiger partial charge on any atom is 0.254 e. The highest BCUT2D eigenvalue weighted by Gasteiger charge is 2.45. The first kappa shape index (κ1) is 18.5. The van der Waals surface area contributed by atoms with Gasteiger partial charge in [0.05, 0.1) is 23.5 Å². The van der Waals surface area contributed by atoms with Crippen molar-refractivity contribution >= 4 is 23.1 Å². The maximum atomic E-state index is 13.1. The summed E-state index contributed by atoms with van der Waals surface area (Å²) in [7, 11) is 0. The highest BCUT2D eigenvalue weighted by Crippen LogP contribution is 2.37. The molecule has 1 saturated heterocycles. The third kappa shape index (κ3) is 3.59. The number of benzene rings is 1. The molecule has 1 fully saturated rings. The van der Waals surface area contributed by atoms with Crippen molar-refractivity contribution < 1.29 is 4.79 Å². The Labute approximate surface area is 166 Å². The Morgan fingerprint density at radius 3 is 2.57 bits per heavy atom. The minimum atomic E-state index is -0.414. The van der Waals surface area contributed by atoms with Crippen LogP contribution < -0.4 is 10.6 Å². The SMILES string of the molecule is CC(C)(C)N=C1Nc2ccccc2N[C@@]12CCCN(C(=O)c1ccncc1)C2. The predicted molar refractivity (Wildman–Crippen MR) is 113 cm³/mol. The second kappa shape index (κ2) is 6.93. The van der Waals surface area contributed by atoms with Crippen LogP contribution in [0, 0.1) is 0 Å². The van der Waals surface area contributed by atoms with Crippen molar-refractivity contribution in [1.82, 2.24) is 9.88 Å². The summed E-state index contributed by atoms with van der Waals surface area (Å²) in [5.41, 5.74) is 2.11. The number of carbonyl (C=O) groups excluding carboxylic acids is 1. The number of aliphatic imine (C=N–C) groups is 1. The van der Waals surface area contributed by atoms with Crippen molar-refractivity contribution in [3.05, 3.63) is 54.4 Å². The Morgan fingerprint density at radius 2 is 1.86 bits per heavy atom. The highest BCUT2D eigenvalue weighted by atomic mass is 16.2. The number of hydrogen-bond donors (Lipinski definition) is 2.